The number of hydrogen-bond donors (Lipinski definition) is 3. The Balaban J connectivity index is 1.17. The molecule has 0 spiro atoms. The number of hydrogen-bond acceptors (Lipinski definition) is 4. The molecule has 1 amide bonds. The molecule has 162 valence electrons. The van der Waals surface area contributed by atoms with Crippen molar-refractivity contribution in [2.45, 2.75) is 12.8 Å². The number of nitrogens with two attached hydrogens (primary N) is 1. The Morgan fingerprint density at radius 1 is 1.00 bits per heavy atom. The molecule has 5 rings (SSSR count). The molecule has 1 aliphatic heterocycles. The van der Waals surface area contributed by atoms with Crippen LogP contribution in [-0.2, 0) is 6.42 Å². The number of carbonyl (C=O) groups is 1. The second kappa shape index (κ2) is 8.40. The van der Waals surface area contributed by atoms with Gasteiger partial charge in [0.2, 0.25) is 5.91 Å². The molecule has 4 N–H and O–H groups in total. The van der Waals surface area contributed by atoms with Gasteiger partial charge in [-0.15, -0.1) is 0 Å². The molecule has 1 aliphatic rings. The summed E-state index contributed by atoms with van der Waals surface area (Å²) < 4.78 is 0. The van der Waals surface area contributed by atoms with Gasteiger partial charge in [0.25, 0.3) is 0 Å². The topological polar surface area (TPSA) is 105 Å². The number of benzene rings is 2. The quantitative estimate of drug-likeness (QED) is 0.440. The molecule has 0 unspecified atom stereocenters. The molecular formula is C25H26N6O. The lowest BCUT2D eigenvalue weighted by atomic mass is 10.1. The van der Waals surface area contributed by atoms with Crippen LogP contribution in [0.2, 0.25) is 0 Å². The summed E-state index contributed by atoms with van der Waals surface area (Å²) in [6.07, 6.45) is 5.89. The van der Waals surface area contributed by atoms with Crippen LogP contribution in [0.1, 0.15) is 27.9 Å². The first kappa shape index (κ1) is 20.2. The number of nitrogens with one attached hydrogen (secondary N) is 2. The van der Waals surface area contributed by atoms with Crippen molar-refractivity contribution in [1.82, 2.24) is 14.9 Å². The molecule has 0 aliphatic carbocycles. The second-order valence-electron chi connectivity index (χ2n) is 8.42. The van der Waals surface area contributed by atoms with Crippen molar-refractivity contribution in [2.75, 3.05) is 37.6 Å². The Hall–Kier alpha value is -3.76. The lowest BCUT2D eigenvalue weighted by Crippen LogP contribution is -2.46. The number of fused-ring (bicyclic) bond motifs is 2. The fourth-order valence-electron chi connectivity index (χ4n) is 4.66. The Bertz CT molecular complexity index is 1320. The van der Waals surface area contributed by atoms with E-state index < -0.39 is 5.91 Å². The lowest BCUT2D eigenvalue weighted by Gasteiger charge is -2.35. The average molecular weight is 427 g/mol. The molecule has 0 saturated carbocycles. The van der Waals surface area contributed by atoms with E-state index in [0.29, 0.717) is 11.1 Å². The van der Waals surface area contributed by atoms with E-state index in [2.05, 4.69) is 44.0 Å². The number of rotatable bonds is 6. The maximum atomic E-state index is 11.6. The van der Waals surface area contributed by atoms with Crippen LogP contribution in [0, 0.1) is 11.3 Å². The van der Waals surface area contributed by atoms with Gasteiger partial charge in [0.1, 0.15) is 6.07 Å². The molecule has 7 nitrogen and oxygen atoms in total. The van der Waals surface area contributed by atoms with Gasteiger partial charge in [-0.1, -0.05) is 6.07 Å². The number of nitrogens with zero attached hydrogens (tertiary/aromatic N) is 3. The standard InChI is InChI=1S/C25H26N6O/c26-14-19-15-28-22-5-3-17(12-20(19)22)2-1-7-30-8-10-31(11-9-30)24-16-29-23-6-4-18(25(27)32)13-21(23)24/h3-6,12-13,15-16,28-29H,1-2,7-11H2,(H2,27,32). The minimum atomic E-state index is -0.400. The van der Waals surface area contributed by atoms with Crippen molar-refractivity contribution in [3.63, 3.8) is 0 Å². The zero-order valence-corrected chi connectivity index (χ0v) is 17.9. The number of aromatic amines is 2. The minimum Gasteiger partial charge on any atom is -0.367 e. The van der Waals surface area contributed by atoms with Gasteiger partial charge in [-0.05, 0) is 55.3 Å². The van der Waals surface area contributed by atoms with E-state index in [4.69, 9.17) is 5.73 Å². The van der Waals surface area contributed by atoms with Crippen molar-refractivity contribution in [3.8, 4) is 6.07 Å². The van der Waals surface area contributed by atoms with E-state index in [0.717, 1.165) is 73.1 Å². The fraction of sp³-hybridized carbons (Fsp3) is 0.280. The summed E-state index contributed by atoms with van der Waals surface area (Å²) in [4.78, 5) is 22.9. The van der Waals surface area contributed by atoms with Crippen molar-refractivity contribution in [3.05, 3.63) is 65.5 Å². The second-order valence-corrected chi connectivity index (χ2v) is 8.42. The summed E-state index contributed by atoms with van der Waals surface area (Å²) in [7, 11) is 0. The van der Waals surface area contributed by atoms with Gasteiger partial charge in [0.15, 0.2) is 0 Å². The first-order valence-corrected chi connectivity index (χ1v) is 11.0. The van der Waals surface area contributed by atoms with E-state index in [1.54, 1.807) is 12.3 Å². The maximum absolute atomic E-state index is 11.6. The zero-order chi connectivity index (χ0) is 22.1. The number of piperazine rings is 1. The van der Waals surface area contributed by atoms with Crippen molar-refractivity contribution >= 4 is 33.4 Å². The molecule has 1 saturated heterocycles. The Morgan fingerprint density at radius 3 is 2.53 bits per heavy atom. The highest BCUT2D eigenvalue weighted by Crippen LogP contribution is 2.28. The number of nitriles is 1. The summed E-state index contributed by atoms with van der Waals surface area (Å²) in [5.41, 5.74) is 11.1. The number of aromatic nitrogens is 2. The van der Waals surface area contributed by atoms with Gasteiger partial charge in [0.05, 0.1) is 11.3 Å². The lowest BCUT2D eigenvalue weighted by molar-refractivity contribution is 0.100. The van der Waals surface area contributed by atoms with Crippen LogP contribution in [0.5, 0.6) is 0 Å². The van der Waals surface area contributed by atoms with E-state index >= 15 is 0 Å². The predicted octanol–water partition coefficient (Wildman–Crippen LogP) is 3.37. The SMILES string of the molecule is N#Cc1c[nH]c2ccc(CCCN3CCN(c4c[nH]c5ccc(C(N)=O)cc45)CC3)cc12. The molecule has 3 heterocycles. The Morgan fingerprint density at radius 2 is 1.75 bits per heavy atom. The number of carbonyl (C=O) groups excluding carboxylic acids is 1. The first-order valence-electron chi connectivity index (χ1n) is 11.0. The normalized spacial score (nSPS) is 14.8. The van der Waals surface area contributed by atoms with Gasteiger partial charge >= 0.3 is 0 Å². The number of amides is 1. The fourth-order valence-corrected chi connectivity index (χ4v) is 4.66. The zero-order valence-electron chi connectivity index (χ0n) is 17.9. The summed E-state index contributed by atoms with van der Waals surface area (Å²) in [6, 6.07) is 14.2. The summed E-state index contributed by atoms with van der Waals surface area (Å²) >= 11 is 0. The molecule has 0 atom stereocenters. The van der Waals surface area contributed by atoms with E-state index in [1.165, 1.54) is 5.56 Å². The van der Waals surface area contributed by atoms with Crippen LogP contribution in [0.25, 0.3) is 21.8 Å². The largest absolute Gasteiger partial charge is 0.367 e. The smallest absolute Gasteiger partial charge is 0.248 e. The highest BCUT2D eigenvalue weighted by Gasteiger charge is 2.20. The summed E-state index contributed by atoms with van der Waals surface area (Å²) in [5.74, 6) is -0.400. The van der Waals surface area contributed by atoms with Crippen molar-refractivity contribution in [2.24, 2.45) is 5.73 Å². The maximum Gasteiger partial charge on any atom is 0.248 e. The molecule has 4 aromatic rings. The number of H-pyrrole nitrogens is 2. The number of primary amides is 1. The Kier molecular flexibility index (Phi) is 5.29. The third-order valence-electron chi connectivity index (χ3n) is 6.46. The Labute approximate surface area is 186 Å². The monoisotopic (exact) mass is 426 g/mol. The van der Waals surface area contributed by atoms with Crippen LogP contribution in [0.4, 0.5) is 5.69 Å². The van der Waals surface area contributed by atoms with Gasteiger partial charge in [0, 0.05) is 65.9 Å². The molecular weight excluding hydrogens is 400 g/mol. The third-order valence-corrected chi connectivity index (χ3v) is 6.46. The molecule has 2 aromatic carbocycles. The van der Waals surface area contributed by atoms with Crippen LogP contribution in [0.3, 0.4) is 0 Å². The van der Waals surface area contributed by atoms with E-state index in [9.17, 15) is 10.1 Å². The number of anilines is 1. The summed E-state index contributed by atoms with van der Waals surface area (Å²) in [5, 5.41) is 11.3. The number of aryl methyl sites for hydroxylation is 1. The van der Waals surface area contributed by atoms with Gasteiger partial charge in [-0.2, -0.15) is 5.26 Å². The van der Waals surface area contributed by atoms with E-state index in [-0.39, 0.29) is 0 Å². The molecule has 1 fully saturated rings. The molecule has 0 radical (unpaired) electrons. The predicted molar refractivity (Wildman–Crippen MR) is 127 cm³/mol. The van der Waals surface area contributed by atoms with Crippen molar-refractivity contribution < 1.29 is 4.79 Å². The highest BCUT2D eigenvalue weighted by atomic mass is 16.1. The molecule has 7 heteroatoms. The van der Waals surface area contributed by atoms with Crippen molar-refractivity contribution in [1.29, 1.82) is 5.26 Å². The minimum absolute atomic E-state index is 0.400. The molecule has 32 heavy (non-hydrogen) atoms. The van der Waals surface area contributed by atoms with Gasteiger partial charge < -0.3 is 20.6 Å². The van der Waals surface area contributed by atoms with Crippen LogP contribution >= 0.6 is 0 Å². The van der Waals surface area contributed by atoms with Crippen LogP contribution in [0.15, 0.2) is 48.8 Å². The average Bonchev–Trinajstić information content (AvgIpc) is 3.42. The third kappa shape index (κ3) is 3.81. The van der Waals surface area contributed by atoms with E-state index in [1.807, 2.05) is 18.3 Å². The highest BCUT2D eigenvalue weighted by molar-refractivity contribution is 6.01. The molecule has 2 aromatic heterocycles. The molecule has 0 bridgehead atoms. The van der Waals surface area contributed by atoms with Crippen LogP contribution in [-0.4, -0.2) is 53.5 Å². The van der Waals surface area contributed by atoms with Gasteiger partial charge in [-0.25, -0.2) is 0 Å². The van der Waals surface area contributed by atoms with Crippen LogP contribution < -0.4 is 10.6 Å². The first-order chi connectivity index (χ1) is 15.6. The summed E-state index contributed by atoms with van der Waals surface area (Å²) in [6.45, 7) is 4.99. The van der Waals surface area contributed by atoms with Gasteiger partial charge in [-0.3, -0.25) is 9.69 Å².